The molecular weight excluding hydrogens is 269 g/mol. The Morgan fingerprint density at radius 3 is 3.00 bits per heavy atom. The van der Waals surface area contributed by atoms with Gasteiger partial charge in [0.1, 0.15) is 5.82 Å². The third-order valence-electron chi connectivity index (χ3n) is 2.50. The van der Waals surface area contributed by atoms with Gasteiger partial charge in [0, 0.05) is 16.6 Å². The lowest BCUT2D eigenvalue weighted by molar-refractivity contribution is 0.0840. The second-order valence-electron chi connectivity index (χ2n) is 3.85. The molecule has 2 aromatic rings. The molecule has 0 bridgehead atoms. The molecule has 0 aliphatic heterocycles. The summed E-state index contributed by atoms with van der Waals surface area (Å²) in [7, 11) is 0. The first kappa shape index (κ1) is 13.9. The van der Waals surface area contributed by atoms with Gasteiger partial charge in [-0.15, -0.1) is 11.3 Å². The Kier molecular flexibility index (Phi) is 4.84. The van der Waals surface area contributed by atoms with Gasteiger partial charge in [0.05, 0.1) is 24.7 Å². The van der Waals surface area contributed by atoms with E-state index in [1.54, 1.807) is 18.2 Å². The predicted molar refractivity (Wildman–Crippen MR) is 72.0 cm³/mol. The second-order valence-corrected chi connectivity index (χ2v) is 4.94. The van der Waals surface area contributed by atoms with E-state index in [9.17, 15) is 9.18 Å². The van der Waals surface area contributed by atoms with Crippen LogP contribution in [0.2, 0.25) is 0 Å². The van der Waals surface area contributed by atoms with Crippen LogP contribution in [0.5, 0.6) is 0 Å². The number of halogens is 1. The number of hydrogen-bond acceptors (Lipinski definition) is 4. The van der Waals surface area contributed by atoms with Crippen LogP contribution >= 0.6 is 11.3 Å². The van der Waals surface area contributed by atoms with Gasteiger partial charge in [0.2, 0.25) is 0 Å². The van der Waals surface area contributed by atoms with Crippen LogP contribution in [-0.2, 0) is 4.74 Å². The maximum Gasteiger partial charge on any atom is 0.261 e. The van der Waals surface area contributed by atoms with Crippen LogP contribution in [0.1, 0.15) is 9.67 Å². The number of carbonyl (C=O) groups is 1. The molecule has 2 N–H and O–H groups in total. The lowest BCUT2D eigenvalue weighted by atomic mass is 10.2. The van der Waals surface area contributed by atoms with E-state index in [2.05, 4.69) is 5.32 Å². The van der Waals surface area contributed by atoms with Crippen molar-refractivity contribution in [2.45, 2.75) is 0 Å². The number of aliphatic hydroxyl groups is 1. The molecule has 2 rings (SSSR count). The first-order valence-corrected chi connectivity index (χ1v) is 6.69. The highest BCUT2D eigenvalue weighted by Gasteiger charge is 2.11. The monoisotopic (exact) mass is 283 g/mol. The van der Waals surface area contributed by atoms with Crippen LogP contribution in [0.15, 0.2) is 24.3 Å². The van der Waals surface area contributed by atoms with Crippen molar-refractivity contribution in [3.63, 3.8) is 0 Å². The minimum Gasteiger partial charge on any atom is -0.394 e. The summed E-state index contributed by atoms with van der Waals surface area (Å²) in [4.78, 5) is 12.3. The van der Waals surface area contributed by atoms with E-state index < -0.39 is 0 Å². The van der Waals surface area contributed by atoms with Crippen LogP contribution in [0.4, 0.5) is 4.39 Å². The molecule has 0 radical (unpaired) electrons. The molecule has 1 aromatic heterocycles. The molecule has 0 atom stereocenters. The van der Waals surface area contributed by atoms with Gasteiger partial charge in [0.25, 0.3) is 5.91 Å². The fourth-order valence-corrected chi connectivity index (χ4v) is 2.62. The maximum absolute atomic E-state index is 13.5. The fourth-order valence-electron chi connectivity index (χ4n) is 1.63. The zero-order chi connectivity index (χ0) is 13.7. The second kappa shape index (κ2) is 6.60. The van der Waals surface area contributed by atoms with E-state index in [4.69, 9.17) is 9.84 Å². The van der Waals surface area contributed by atoms with Gasteiger partial charge in [0.15, 0.2) is 0 Å². The number of thiophene rings is 1. The van der Waals surface area contributed by atoms with Crippen molar-refractivity contribution in [2.24, 2.45) is 0 Å². The van der Waals surface area contributed by atoms with Crippen molar-refractivity contribution in [1.29, 1.82) is 0 Å². The molecule has 0 saturated heterocycles. The zero-order valence-electron chi connectivity index (χ0n) is 10.2. The molecule has 1 aromatic carbocycles. The summed E-state index contributed by atoms with van der Waals surface area (Å²) in [6.07, 6.45) is 0. The summed E-state index contributed by atoms with van der Waals surface area (Å²) in [5.41, 5.74) is 0. The highest BCUT2D eigenvalue weighted by molar-refractivity contribution is 7.20. The molecular formula is C13H14FNO3S. The summed E-state index contributed by atoms with van der Waals surface area (Å²) in [6.45, 7) is 0.911. The topological polar surface area (TPSA) is 58.6 Å². The molecule has 4 nitrogen and oxygen atoms in total. The van der Waals surface area contributed by atoms with Gasteiger partial charge in [-0.1, -0.05) is 6.07 Å². The Morgan fingerprint density at radius 2 is 2.26 bits per heavy atom. The minimum absolute atomic E-state index is 0.0382. The van der Waals surface area contributed by atoms with Gasteiger partial charge in [-0.3, -0.25) is 4.79 Å². The molecule has 6 heteroatoms. The van der Waals surface area contributed by atoms with Crippen molar-refractivity contribution in [2.75, 3.05) is 26.4 Å². The molecule has 0 fully saturated rings. The molecule has 0 unspecified atom stereocenters. The molecule has 1 amide bonds. The summed E-state index contributed by atoms with van der Waals surface area (Å²) in [5, 5.41) is 11.7. The number of hydrogen-bond donors (Lipinski definition) is 2. The average molecular weight is 283 g/mol. The average Bonchev–Trinajstić information content (AvgIpc) is 2.84. The lowest BCUT2D eigenvalue weighted by Gasteiger charge is -2.03. The molecule has 102 valence electrons. The number of benzene rings is 1. The van der Waals surface area contributed by atoms with E-state index in [1.807, 2.05) is 0 Å². The largest absolute Gasteiger partial charge is 0.394 e. The minimum atomic E-state index is -0.320. The number of carbonyl (C=O) groups excluding carboxylic acids is 1. The highest BCUT2D eigenvalue weighted by atomic mass is 32.1. The lowest BCUT2D eigenvalue weighted by Crippen LogP contribution is -2.26. The zero-order valence-corrected chi connectivity index (χ0v) is 11.0. The maximum atomic E-state index is 13.5. The van der Waals surface area contributed by atoms with E-state index >= 15 is 0 Å². The Morgan fingerprint density at radius 1 is 1.42 bits per heavy atom. The van der Waals surface area contributed by atoms with Crippen LogP contribution in [0.3, 0.4) is 0 Å². The highest BCUT2D eigenvalue weighted by Crippen LogP contribution is 2.27. The number of nitrogens with one attached hydrogen (secondary N) is 1. The van der Waals surface area contributed by atoms with Crippen LogP contribution in [0.25, 0.3) is 10.1 Å². The number of ether oxygens (including phenoxy) is 1. The Bertz CT molecular complexity index is 570. The SMILES string of the molecule is O=C(NCCOCCO)c1cc2c(F)cccc2s1. The van der Waals surface area contributed by atoms with Crippen LogP contribution < -0.4 is 5.32 Å². The van der Waals surface area contributed by atoms with Crippen molar-refractivity contribution in [1.82, 2.24) is 5.32 Å². The summed E-state index contributed by atoms with van der Waals surface area (Å²) in [5.74, 6) is -0.563. The van der Waals surface area contributed by atoms with E-state index in [1.165, 1.54) is 17.4 Å². The van der Waals surface area contributed by atoms with E-state index in [0.717, 1.165) is 4.70 Å². The molecule has 0 saturated carbocycles. The summed E-state index contributed by atoms with van der Waals surface area (Å²) >= 11 is 1.25. The van der Waals surface area contributed by atoms with Crippen molar-refractivity contribution in [3.05, 3.63) is 35.0 Å². The van der Waals surface area contributed by atoms with E-state index in [0.29, 0.717) is 23.4 Å². The first-order chi connectivity index (χ1) is 9.22. The van der Waals surface area contributed by atoms with Crippen molar-refractivity contribution < 1.29 is 19.0 Å². The van der Waals surface area contributed by atoms with E-state index in [-0.39, 0.29) is 24.9 Å². The predicted octanol–water partition coefficient (Wildman–Crippen LogP) is 1.78. The number of aliphatic hydroxyl groups excluding tert-OH is 1. The van der Waals surface area contributed by atoms with Gasteiger partial charge in [-0.2, -0.15) is 0 Å². The number of fused-ring (bicyclic) bond motifs is 1. The molecule has 0 aliphatic rings. The number of rotatable bonds is 6. The standard InChI is InChI=1S/C13H14FNO3S/c14-10-2-1-3-11-9(10)8-12(19-11)13(17)15-4-6-18-7-5-16/h1-3,8,16H,4-7H2,(H,15,17). The Labute approximate surface area is 113 Å². The fraction of sp³-hybridized carbons (Fsp3) is 0.308. The Hall–Kier alpha value is -1.50. The van der Waals surface area contributed by atoms with Crippen molar-refractivity contribution >= 4 is 27.3 Å². The number of amides is 1. The van der Waals surface area contributed by atoms with Gasteiger partial charge in [-0.25, -0.2) is 4.39 Å². The van der Waals surface area contributed by atoms with Gasteiger partial charge >= 0.3 is 0 Å². The quantitative estimate of drug-likeness (QED) is 0.795. The molecule has 0 spiro atoms. The third-order valence-corrected chi connectivity index (χ3v) is 3.60. The smallest absolute Gasteiger partial charge is 0.261 e. The first-order valence-electron chi connectivity index (χ1n) is 5.87. The normalized spacial score (nSPS) is 10.8. The van der Waals surface area contributed by atoms with Gasteiger partial charge < -0.3 is 15.2 Å². The van der Waals surface area contributed by atoms with Crippen molar-refractivity contribution in [3.8, 4) is 0 Å². The summed E-state index contributed by atoms with van der Waals surface area (Å²) in [6, 6.07) is 6.33. The Balaban J connectivity index is 1.96. The molecule has 1 heterocycles. The van der Waals surface area contributed by atoms with Gasteiger partial charge in [-0.05, 0) is 18.2 Å². The molecule has 0 aliphatic carbocycles. The molecule has 19 heavy (non-hydrogen) atoms. The van der Waals surface area contributed by atoms with Crippen LogP contribution in [-0.4, -0.2) is 37.4 Å². The third kappa shape index (κ3) is 3.50. The van der Waals surface area contributed by atoms with Crippen LogP contribution in [0, 0.1) is 5.82 Å². The summed E-state index contributed by atoms with van der Waals surface area (Å²) < 4.78 is 19.3.